The Bertz CT molecular complexity index is 1220. The number of fused-ring (bicyclic) bond motifs is 1. The van der Waals surface area contributed by atoms with Crippen LogP contribution in [0.3, 0.4) is 0 Å². The molecule has 1 saturated heterocycles. The fourth-order valence-electron chi connectivity index (χ4n) is 4.76. The minimum atomic E-state index is -0.450. The maximum Gasteiger partial charge on any atom is 0.338 e. The van der Waals surface area contributed by atoms with Crippen molar-refractivity contribution >= 4 is 34.5 Å². The number of ether oxygens (including phenoxy) is 1. The molecule has 1 amide bonds. The zero-order chi connectivity index (χ0) is 25.1. The van der Waals surface area contributed by atoms with Gasteiger partial charge in [-0.2, -0.15) is 0 Å². The molecule has 2 aromatic rings. The van der Waals surface area contributed by atoms with Crippen molar-refractivity contribution < 1.29 is 14.3 Å². The molecule has 0 radical (unpaired) electrons. The van der Waals surface area contributed by atoms with Crippen molar-refractivity contribution in [3.8, 4) is 0 Å². The second kappa shape index (κ2) is 10.7. The summed E-state index contributed by atoms with van der Waals surface area (Å²) in [6, 6.07) is 19.2. The number of rotatable bonds is 6. The smallest absolute Gasteiger partial charge is 0.338 e. The molecule has 0 spiro atoms. The van der Waals surface area contributed by atoms with E-state index in [2.05, 4.69) is 11.9 Å². The molecule has 2 aromatic carbocycles. The van der Waals surface area contributed by atoms with Crippen molar-refractivity contribution in [3.05, 3.63) is 88.5 Å². The first-order valence-electron chi connectivity index (χ1n) is 12.3. The normalized spacial score (nSPS) is 20.1. The molecule has 0 aromatic heterocycles. The maximum absolute atomic E-state index is 13.5. The van der Waals surface area contributed by atoms with Crippen molar-refractivity contribution in [1.29, 1.82) is 0 Å². The summed E-state index contributed by atoms with van der Waals surface area (Å²) in [7, 11) is 2.08. The summed E-state index contributed by atoms with van der Waals surface area (Å²) in [6.07, 6.45) is 0.260. The van der Waals surface area contributed by atoms with Crippen molar-refractivity contribution in [2.45, 2.75) is 19.4 Å². The van der Waals surface area contributed by atoms with Crippen LogP contribution in [0.1, 0.15) is 30.5 Å². The third-order valence-corrected chi connectivity index (χ3v) is 7.55. The van der Waals surface area contributed by atoms with Crippen LogP contribution in [0.5, 0.6) is 0 Å². The molecule has 0 unspecified atom stereocenters. The van der Waals surface area contributed by atoms with E-state index in [9.17, 15) is 9.59 Å². The van der Waals surface area contributed by atoms with E-state index < -0.39 is 12.0 Å². The van der Waals surface area contributed by atoms with E-state index in [-0.39, 0.29) is 18.9 Å². The minimum absolute atomic E-state index is 0.0959. The molecule has 186 valence electrons. The Balaban J connectivity index is 1.56. The van der Waals surface area contributed by atoms with Gasteiger partial charge in [0.2, 0.25) is 5.91 Å². The van der Waals surface area contributed by atoms with Gasteiger partial charge in [-0.1, -0.05) is 72.4 Å². The number of nitrogens with zero attached hydrogens (tertiary/aromatic N) is 4. The number of amidine groups is 1. The molecule has 3 aliphatic rings. The maximum atomic E-state index is 13.5. The van der Waals surface area contributed by atoms with Gasteiger partial charge in [-0.25, -0.2) is 9.79 Å². The van der Waals surface area contributed by atoms with Crippen molar-refractivity contribution in [2.75, 3.05) is 39.8 Å². The summed E-state index contributed by atoms with van der Waals surface area (Å²) in [4.78, 5) is 37.9. The average molecular weight is 503 g/mol. The highest BCUT2D eigenvalue weighted by atomic mass is 32.2. The predicted octanol–water partition coefficient (Wildman–Crippen LogP) is 4.13. The molecule has 1 atom stereocenters. The van der Waals surface area contributed by atoms with E-state index in [1.807, 2.05) is 75.9 Å². The van der Waals surface area contributed by atoms with Gasteiger partial charge in [0.25, 0.3) is 0 Å². The van der Waals surface area contributed by atoms with Crippen LogP contribution in [0.4, 0.5) is 0 Å². The molecule has 3 aliphatic heterocycles. The second-order valence-corrected chi connectivity index (χ2v) is 9.85. The molecule has 8 heteroatoms. The number of thioether (sulfide) groups is 1. The van der Waals surface area contributed by atoms with Gasteiger partial charge in [-0.3, -0.25) is 4.79 Å². The molecule has 36 heavy (non-hydrogen) atoms. The Morgan fingerprint density at radius 3 is 2.33 bits per heavy atom. The zero-order valence-electron chi connectivity index (χ0n) is 20.6. The van der Waals surface area contributed by atoms with Gasteiger partial charge in [0.05, 0.1) is 30.3 Å². The third kappa shape index (κ3) is 4.83. The second-order valence-electron chi connectivity index (χ2n) is 9.01. The Hall–Kier alpha value is -3.36. The highest BCUT2D eigenvalue weighted by Gasteiger charge is 2.42. The fraction of sp³-hybridized carbons (Fsp3) is 0.321. The van der Waals surface area contributed by atoms with Gasteiger partial charge in [0.1, 0.15) is 0 Å². The van der Waals surface area contributed by atoms with E-state index in [0.717, 1.165) is 48.2 Å². The van der Waals surface area contributed by atoms with Crippen LogP contribution < -0.4 is 0 Å². The number of amides is 1. The Morgan fingerprint density at radius 1 is 1.00 bits per heavy atom. The number of likely N-dealkylation sites (N-methyl/N-ethyl adjacent to an activating group) is 1. The molecule has 0 saturated carbocycles. The van der Waals surface area contributed by atoms with E-state index in [1.165, 1.54) is 11.8 Å². The molecular weight excluding hydrogens is 472 g/mol. The number of esters is 1. The van der Waals surface area contributed by atoms with E-state index >= 15 is 0 Å². The Labute approximate surface area is 216 Å². The molecule has 1 fully saturated rings. The molecule has 3 heterocycles. The number of piperazine rings is 1. The van der Waals surface area contributed by atoms with Gasteiger partial charge < -0.3 is 19.4 Å². The summed E-state index contributed by atoms with van der Waals surface area (Å²) < 4.78 is 5.56. The number of hydrogen-bond acceptors (Lipinski definition) is 7. The number of aliphatic imine (C=N–C) groups is 1. The predicted molar refractivity (Wildman–Crippen MR) is 143 cm³/mol. The van der Waals surface area contributed by atoms with Crippen LogP contribution in [-0.4, -0.2) is 71.6 Å². The number of benzene rings is 2. The standard InChI is InChI=1S/C28H30N4O3S/c1-3-35-27(34)24-25(20-10-6-4-7-11-20)29-28-32(26(24)21-12-8-5-9-13-21)22(19-36-28)18-23(33)31-16-14-30(2)15-17-31/h4-13,19,26H,3,14-18H2,1-2H3/t26-/m1/s1. The van der Waals surface area contributed by atoms with Crippen LogP contribution in [0.15, 0.2) is 82.3 Å². The SMILES string of the molecule is CCOC(=O)C1=C(c2ccccc2)N=C2SC=C(CC(=O)N3CCN(C)CC3)N2[C@@H]1c1ccccc1. The van der Waals surface area contributed by atoms with E-state index in [0.29, 0.717) is 11.3 Å². The Kier molecular flexibility index (Phi) is 7.25. The molecule has 0 aliphatic carbocycles. The molecule has 5 rings (SSSR count). The highest BCUT2D eigenvalue weighted by Crippen LogP contribution is 2.47. The summed E-state index contributed by atoms with van der Waals surface area (Å²) in [5.74, 6) is -0.298. The van der Waals surface area contributed by atoms with Crippen LogP contribution in [0.25, 0.3) is 5.70 Å². The summed E-state index contributed by atoms with van der Waals surface area (Å²) in [6.45, 7) is 5.27. The van der Waals surface area contributed by atoms with Crippen LogP contribution in [-0.2, 0) is 14.3 Å². The Morgan fingerprint density at radius 2 is 1.67 bits per heavy atom. The van der Waals surface area contributed by atoms with Crippen LogP contribution in [0.2, 0.25) is 0 Å². The molecule has 0 bridgehead atoms. The summed E-state index contributed by atoms with van der Waals surface area (Å²) in [5, 5.41) is 2.76. The first-order chi connectivity index (χ1) is 17.6. The quantitative estimate of drug-likeness (QED) is 0.554. The molecule has 0 N–H and O–H groups in total. The monoisotopic (exact) mass is 502 g/mol. The van der Waals surface area contributed by atoms with Crippen LogP contribution >= 0.6 is 11.8 Å². The van der Waals surface area contributed by atoms with Gasteiger partial charge in [0, 0.05) is 37.4 Å². The zero-order valence-corrected chi connectivity index (χ0v) is 21.4. The topological polar surface area (TPSA) is 65.5 Å². The van der Waals surface area contributed by atoms with E-state index in [4.69, 9.17) is 9.73 Å². The lowest BCUT2D eigenvalue weighted by molar-refractivity contribution is -0.139. The van der Waals surface area contributed by atoms with Gasteiger partial charge in [-0.05, 0) is 24.9 Å². The minimum Gasteiger partial charge on any atom is -0.463 e. The highest BCUT2D eigenvalue weighted by molar-refractivity contribution is 8.16. The first-order valence-corrected chi connectivity index (χ1v) is 13.2. The lowest BCUT2D eigenvalue weighted by atomic mass is 9.91. The van der Waals surface area contributed by atoms with Crippen molar-refractivity contribution in [3.63, 3.8) is 0 Å². The van der Waals surface area contributed by atoms with E-state index in [1.54, 1.807) is 6.92 Å². The number of carbonyl (C=O) groups excluding carboxylic acids is 2. The lowest BCUT2D eigenvalue weighted by Gasteiger charge is -2.38. The largest absolute Gasteiger partial charge is 0.463 e. The van der Waals surface area contributed by atoms with Gasteiger partial charge >= 0.3 is 5.97 Å². The van der Waals surface area contributed by atoms with Crippen molar-refractivity contribution in [2.24, 2.45) is 4.99 Å². The van der Waals surface area contributed by atoms with Crippen molar-refractivity contribution in [1.82, 2.24) is 14.7 Å². The molecule has 7 nitrogen and oxygen atoms in total. The molecular formula is C28H30N4O3S. The number of hydrogen-bond donors (Lipinski definition) is 0. The first kappa shape index (κ1) is 24.3. The fourth-order valence-corrected chi connectivity index (χ4v) is 5.68. The van der Waals surface area contributed by atoms with Crippen LogP contribution in [0, 0.1) is 0 Å². The third-order valence-electron chi connectivity index (χ3n) is 6.66. The average Bonchev–Trinajstić information content (AvgIpc) is 3.31. The number of carbonyl (C=O) groups is 2. The lowest BCUT2D eigenvalue weighted by Crippen LogP contribution is -2.47. The van der Waals surface area contributed by atoms with Gasteiger partial charge in [-0.15, -0.1) is 0 Å². The summed E-state index contributed by atoms with van der Waals surface area (Å²) in [5.41, 5.74) is 3.75. The van der Waals surface area contributed by atoms with Gasteiger partial charge in [0.15, 0.2) is 5.17 Å². The summed E-state index contributed by atoms with van der Waals surface area (Å²) >= 11 is 1.50.